The topological polar surface area (TPSA) is 38.3 Å². The van der Waals surface area contributed by atoms with Crippen LogP contribution in [0.4, 0.5) is 0 Å². The van der Waals surface area contributed by atoms with Gasteiger partial charge in [-0.1, -0.05) is 25.5 Å². The van der Waals surface area contributed by atoms with Crippen LogP contribution in [-0.4, -0.2) is 24.9 Å². The van der Waals surface area contributed by atoms with Crippen LogP contribution in [0.25, 0.3) is 0 Å². The molecule has 0 aliphatic rings. The van der Waals surface area contributed by atoms with Crippen molar-refractivity contribution < 1.29 is 9.53 Å². The van der Waals surface area contributed by atoms with E-state index in [1.54, 1.807) is 11.8 Å². The van der Waals surface area contributed by atoms with E-state index in [0.29, 0.717) is 12.6 Å². The van der Waals surface area contributed by atoms with Crippen molar-refractivity contribution >= 4 is 17.7 Å². The molecule has 1 rings (SSSR count). The fraction of sp³-hybridized carbons (Fsp3) is 0.562. The maximum Gasteiger partial charge on any atom is 0.319 e. The normalized spacial score (nSPS) is 13.8. The van der Waals surface area contributed by atoms with Crippen LogP contribution in [0, 0.1) is 0 Å². The van der Waals surface area contributed by atoms with E-state index < -0.39 is 0 Å². The number of esters is 1. The van der Waals surface area contributed by atoms with Crippen LogP contribution in [-0.2, 0) is 9.53 Å². The number of thioether (sulfide) groups is 1. The third-order valence-electron chi connectivity index (χ3n) is 3.19. The van der Waals surface area contributed by atoms with Crippen LogP contribution in [0.3, 0.4) is 0 Å². The van der Waals surface area contributed by atoms with Crippen molar-refractivity contribution in [3.05, 3.63) is 29.8 Å². The monoisotopic (exact) mass is 295 g/mol. The lowest BCUT2D eigenvalue weighted by atomic mass is 10.1. The minimum absolute atomic E-state index is 0.104. The second-order valence-corrected chi connectivity index (χ2v) is 6.00. The Kier molecular flexibility index (Phi) is 7.70. The molecular weight excluding hydrogens is 270 g/mol. The highest BCUT2D eigenvalue weighted by molar-refractivity contribution is 8.00. The summed E-state index contributed by atoms with van der Waals surface area (Å²) in [4.78, 5) is 13.0. The Bertz CT molecular complexity index is 405. The SMILES string of the molecule is CCCC(Sc1ccc(C(C)NC)cc1)C(=O)OCC. The number of hydrogen-bond acceptors (Lipinski definition) is 4. The Morgan fingerprint density at radius 1 is 1.30 bits per heavy atom. The van der Waals surface area contributed by atoms with Gasteiger partial charge in [0.15, 0.2) is 0 Å². The highest BCUT2D eigenvalue weighted by atomic mass is 32.2. The molecule has 0 radical (unpaired) electrons. The molecule has 0 amide bonds. The molecule has 4 heteroatoms. The van der Waals surface area contributed by atoms with Gasteiger partial charge in [0.2, 0.25) is 0 Å². The third-order valence-corrected chi connectivity index (χ3v) is 4.45. The number of rotatable bonds is 8. The van der Waals surface area contributed by atoms with Gasteiger partial charge < -0.3 is 10.1 Å². The quantitative estimate of drug-likeness (QED) is 0.585. The number of carbonyl (C=O) groups excluding carboxylic acids is 1. The van der Waals surface area contributed by atoms with Crippen LogP contribution in [0.2, 0.25) is 0 Å². The predicted molar refractivity (Wildman–Crippen MR) is 85.1 cm³/mol. The fourth-order valence-electron chi connectivity index (χ4n) is 1.89. The van der Waals surface area contributed by atoms with E-state index in [1.807, 2.05) is 14.0 Å². The number of nitrogens with one attached hydrogen (secondary N) is 1. The molecule has 20 heavy (non-hydrogen) atoms. The fourth-order valence-corrected chi connectivity index (χ4v) is 3.03. The molecule has 0 bridgehead atoms. The summed E-state index contributed by atoms with van der Waals surface area (Å²) in [6.07, 6.45) is 1.82. The Hall–Kier alpha value is -1.00. The number of benzene rings is 1. The van der Waals surface area contributed by atoms with Gasteiger partial charge in [0.1, 0.15) is 5.25 Å². The van der Waals surface area contributed by atoms with Gasteiger partial charge in [0.25, 0.3) is 0 Å². The van der Waals surface area contributed by atoms with Gasteiger partial charge in [0, 0.05) is 10.9 Å². The molecule has 2 atom stereocenters. The Labute approximate surface area is 126 Å². The van der Waals surface area contributed by atoms with E-state index in [2.05, 4.69) is 43.4 Å². The second kappa shape index (κ2) is 9.03. The largest absolute Gasteiger partial charge is 0.465 e. The minimum Gasteiger partial charge on any atom is -0.465 e. The third kappa shape index (κ3) is 5.17. The van der Waals surface area contributed by atoms with Crippen molar-refractivity contribution in [3.8, 4) is 0 Å². The zero-order chi connectivity index (χ0) is 15.0. The van der Waals surface area contributed by atoms with Crippen LogP contribution < -0.4 is 5.32 Å². The van der Waals surface area contributed by atoms with Gasteiger partial charge in [-0.2, -0.15) is 0 Å². The van der Waals surface area contributed by atoms with Gasteiger partial charge in [-0.15, -0.1) is 11.8 Å². The molecule has 0 saturated carbocycles. The van der Waals surface area contributed by atoms with Crippen molar-refractivity contribution in [2.45, 2.75) is 49.8 Å². The molecule has 0 heterocycles. The van der Waals surface area contributed by atoms with Gasteiger partial charge in [-0.25, -0.2) is 0 Å². The first-order chi connectivity index (χ1) is 9.62. The van der Waals surface area contributed by atoms with Gasteiger partial charge in [-0.3, -0.25) is 4.79 Å². The molecule has 2 unspecified atom stereocenters. The Balaban J connectivity index is 2.71. The molecule has 1 aromatic carbocycles. The van der Waals surface area contributed by atoms with Crippen LogP contribution in [0.5, 0.6) is 0 Å². The number of hydrogen-bond donors (Lipinski definition) is 1. The second-order valence-electron chi connectivity index (χ2n) is 4.73. The summed E-state index contributed by atoms with van der Waals surface area (Å²) < 4.78 is 5.14. The number of ether oxygens (including phenoxy) is 1. The Morgan fingerprint density at radius 3 is 2.45 bits per heavy atom. The molecule has 1 N–H and O–H groups in total. The molecular formula is C16H25NO2S. The van der Waals surface area contributed by atoms with Crippen molar-refractivity contribution in [1.82, 2.24) is 5.32 Å². The van der Waals surface area contributed by atoms with E-state index in [4.69, 9.17) is 4.74 Å². The van der Waals surface area contributed by atoms with E-state index in [1.165, 1.54) is 5.56 Å². The highest BCUT2D eigenvalue weighted by Gasteiger charge is 2.20. The Morgan fingerprint density at radius 2 is 1.95 bits per heavy atom. The molecule has 0 saturated heterocycles. The first-order valence-corrected chi connectivity index (χ1v) is 8.10. The van der Waals surface area contributed by atoms with Crippen LogP contribution in [0.15, 0.2) is 29.2 Å². The molecule has 3 nitrogen and oxygen atoms in total. The summed E-state index contributed by atoms with van der Waals surface area (Å²) in [6, 6.07) is 8.71. The smallest absolute Gasteiger partial charge is 0.319 e. The molecule has 0 fully saturated rings. The maximum atomic E-state index is 11.9. The summed E-state index contributed by atoms with van der Waals surface area (Å²) >= 11 is 1.59. The minimum atomic E-state index is -0.105. The van der Waals surface area contributed by atoms with Crippen molar-refractivity contribution in [2.24, 2.45) is 0 Å². The van der Waals surface area contributed by atoms with Crippen molar-refractivity contribution in [1.29, 1.82) is 0 Å². The van der Waals surface area contributed by atoms with E-state index >= 15 is 0 Å². The maximum absolute atomic E-state index is 11.9. The molecule has 0 aliphatic heterocycles. The summed E-state index contributed by atoms with van der Waals surface area (Å²) in [5, 5.41) is 3.11. The van der Waals surface area contributed by atoms with Crippen molar-refractivity contribution in [2.75, 3.05) is 13.7 Å². The van der Waals surface area contributed by atoms with Crippen molar-refractivity contribution in [3.63, 3.8) is 0 Å². The summed E-state index contributed by atoms with van der Waals surface area (Å²) in [5.74, 6) is -0.105. The molecule has 0 spiro atoms. The van der Waals surface area contributed by atoms with Crippen LogP contribution >= 0.6 is 11.8 Å². The predicted octanol–water partition coefficient (Wildman–Crippen LogP) is 3.79. The van der Waals surface area contributed by atoms with Crippen LogP contribution in [0.1, 0.15) is 45.2 Å². The molecule has 112 valence electrons. The highest BCUT2D eigenvalue weighted by Crippen LogP contribution is 2.28. The first kappa shape index (κ1) is 17.1. The zero-order valence-corrected chi connectivity index (χ0v) is 13.6. The number of carbonyl (C=O) groups is 1. The summed E-state index contributed by atoms with van der Waals surface area (Å²) in [5.41, 5.74) is 1.25. The molecule has 0 aliphatic carbocycles. The summed E-state index contributed by atoms with van der Waals surface area (Å²) in [6.45, 7) is 6.50. The summed E-state index contributed by atoms with van der Waals surface area (Å²) in [7, 11) is 1.95. The molecule has 1 aromatic rings. The van der Waals surface area contributed by atoms with Gasteiger partial charge in [-0.05, 0) is 45.0 Å². The van der Waals surface area contributed by atoms with E-state index in [-0.39, 0.29) is 11.2 Å². The molecule has 0 aromatic heterocycles. The first-order valence-electron chi connectivity index (χ1n) is 7.22. The lowest BCUT2D eigenvalue weighted by Gasteiger charge is -2.15. The van der Waals surface area contributed by atoms with Gasteiger partial charge >= 0.3 is 5.97 Å². The van der Waals surface area contributed by atoms with E-state index in [9.17, 15) is 4.79 Å². The van der Waals surface area contributed by atoms with E-state index in [0.717, 1.165) is 17.7 Å². The average Bonchev–Trinajstić information content (AvgIpc) is 2.47. The zero-order valence-electron chi connectivity index (χ0n) is 12.8. The van der Waals surface area contributed by atoms with Gasteiger partial charge in [0.05, 0.1) is 6.61 Å². The standard InChI is InChI=1S/C16H25NO2S/c1-5-7-15(16(18)19-6-2)20-14-10-8-13(9-11-14)12(3)17-4/h8-12,15,17H,5-7H2,1-4H3. The average molecular weight is 295 g/mol. The lowest BCUT2D eigenvalue weighted by molar-refractivity contribution is -0.142. The lowest BCUT2D eigenvalue weighted by Crippen LogP contribution is -2.20.